The van der Waals surface area contributed by atoms with Crippen LogP contribution in [-0.4, -0.2) is 50.5 Å². The second-order valence-electron chi connectivity index (χ2n) is 9.97. The van der Waals surface area contributed by atoms with Gasteiger partial charge in [-0.1, -0.05) is 18.2 Å². The number of ether oxygens (including phenoxy) is 1. The first-order valence-electron chi connectivity index (χ1n) is 10.6. The Kier molecular flexibility index (Phi) is 4.92. The zero-order valence-corrected chi connectivity index (χ0v) is 18.3. The molecule has 1 spiro atoms. The fourth-order valence-electron chi connectivity index (χ4n) is 4.82. The van der Waals surface area contributed by atoms with Crippen molar-refractivity contribution in [1.82, 2.24) is 4.90 Å². The first-order chi connectivity index (χ1) is 13.1. The average molecular weight is 383 g/mol. The first kappa shape index (κ1) is 20.0. The monoisotopic (exact) mass is 383 g/mol. The van der Waals surface area contributed by atoms with Crippen LogP contribution < -0.4 is 10.2 Å². The Morgan fingerprint density at radius 2 is 1.79 bits per heavy atom. The minimum atomic E-state index is -0.356. The Labute approximate surface area is 170 Å². The van der Waals surface area contributed by atoms with E-state index in [2.05, 4.69) is 63.9 Å². The molecule has 2 heterocycles. The van der Waals surface area contributed by atoms with Crippen molar-refractivity contribution in [3.05, 3.63) is 29.8 Å². The number of likely N-dealkylation sites (tertiary alicyclic amines) is 1. The summed E-state index contributed by atoms with van der Waals surface area (Å²) in [6, 6.07) is 6.41. The van der Waals surface area contributed by atoms with Crippen LogP contribution in [-0.2, 0) is 9.31 Å². The molecular weight excluding hydrogens is 349 g/mol. The van der Waals surface area contributed by atoms with Crippen LogP contribution in [0.5, 0.6) is 5.75 Å². The Morgan fingerprint density at radius 1 is 1.07 bits per heavy atom. The van der Waals surface area contributed by atoms with Crippen LogP contribution in [0.1, 0.15) is 58.9 Å². The predicted octanol–water partition coefficient (Wildman–Crippen LogP) is 3.88. The largest absolute Gasteiger partial charge is 0.496 e. The van der Waals surface area contributed by atoms with Gasteiger partial charge in [0.25, 0.3) is 0 Å². The Balaban J connectivity index is 1.56. The summed E-state index contributed by atoms with van der Waals surface area (Å²) in [6.45, 7) is 10.8. The van der Waals surface area contributed by atoms with Crippen LogP contribution in [0.15, 0.2) is 24.3 Å². The molecule has 152 valence electrons. The van der Waals surface area contributed by atoms with E-state index < -0.39 is 0 Å². The summed E-state index contributed by atoms with van der Waals surface area (Å²) in [7, 11) is 3.64. The number of hydrogen-bond acceptors (Lipinski definition) is 4. The number of rotatable bonds is 3. The summed E-state index contributed by atoms with van der Waals surface area (Å²) in [4.78, 5) is 2.47. The molecule has 1 aromatic rings. The van der Waals surface area contributed by atoms with Crippen molar-refractivity contribution in [2.45, 2.75) is 64.6 Å². The van der Waals surface area contributed by atoms with Crippen LogP contribution >= 0.6 is 0 Å². The molecule has 2 fully saturated rings. The normalized spacial score (nSPS) is 29.4. The van der Waals surface area contributed by atoms with E-state index in [0.29, 0.717) is 5.41 Å². The van der Waals surface area contributed by atoms with Gasteiger partial charge in [0, 0.05) is 12.1 Å². The highest BCUT2D eigenvalue weighted by Crippen LogP contribution is 2.46. The van der Waals surface area contributed by atoms with E-state index >= 15 is 0 Å². The van der Waals surface area contributed by atoms with Crippen molar-refractivity contribution in [2.75, 3.05) is 27.2 Å². The molecule has 5 heteroatoms. The zero-order chi connectivity index (χ0) is 20.2. The summed E-state index contributed by atoms with van der Waals surface area (Å²) < 4.78 is 18.2. The first-order valence-corrected chi connectivity index (χ1v) is 10.6. The summed E-state index contributed by atoms with van der Waals surface area (Å²) >= 11 is 0. The van der Waals surface area contributed by atoms with Crippen LogP contribution in [0.2, 0.25) is 0 Å². The molecule has 4 rings (SSSR count). The molecule has 2 saturated heterocycles. The SMILES string of the molecule is COc1cc(B2OC(C)(C)C(C)(C)O2)ccc1C1=CCC2(CC1)CCN(C)C2. The van der Waals surface area contributed by atoms with Gasteiger partial charge in [-0.3, -0.25) is 0 Å². The van der Waals surface area contributed by atoms with Crippen LogP contribution in [0.4, 0.5) is 0 Å². The molecule has 1 aliphatic carbocycles. The molecule has 28 heavy (non-hydrogen) atoms. The lowest BCUT2D eigenvalue weighted by molar-refractivity contribution is 0.00578. The van der Waals surface area contributed by atoms with Crippen molar-refractivity contribution >= 4 is 18.2 Å². The smallest absolute Gasteiger partial charge is 0.494 e. The van der Waals surface area contributed by atoms with Crippen molar-refractivity contribution in [3.8, 4) is 5.75 Å². The molecule has 0 amide bonds. The lowest BCUT2D eigenvalue weighted by Crippen LogP contribution is -2.41. The minimum absolute atomic E-state index is 0.335. The number of nitrogens with zero attached hydrogens (tertiary/aromatic N) is 1. The van der Waals surface area contributed by atoms with E-state index in [1.165, 1.54) is 43.5 Å². The van der Waals surface area contributed by atoms with Crippen molar-refractivity contribution < 1.29 is 14.0 Å². The molecule has 0 N–H and O–H groups in total. The Hall–Kier alpha value is -1.30. The summed E-state index contributed by atoms with van der Waals surface area (Å²) in [5, 5.41) is 0. The highest BCUT2D eigenvalue weighted by atomic mass is 16.7. The van der Waals surface area contributed by atoms with Crippen LogP contribution in [0.3, 0.4) is 0 Å². The molecule has 0 radical (unpaired) electrons. The summed E-state index contributed by atoms with van der Waals surface area (Å²) in [5.74, 6) is 0.915. The maximum Gasteiger partial charge on any atom is 0.494 e. The maximum atomic E-state index is 6.21. The van der Waals surface area contributed by atoms with Crippen molar-refractivity contribution in [1.29, 1.82) is 0 Å². The second-order valence-corrected chi connectivity index (χ2v) is 9.97. The van der Waals surface area contributed by atoms with Gasteiger partial charge >= 0.3 is 7.12 Å². The van der Waals surface area contributed by atoms with Gasteiger partial charge in [-0.25, -0.2) is 0 Å². The third-order valence-corrected chi connectivity index (χ3v) is 7.43. The Bertz CT molecular complexity index is 772. The fraction of sp³-hybridized carbons (Fsp3) is 0.652. The number of allylic oxidation sites excluding steroid dienone is 2. The summed E-state index contributed by atoms with van der Waals surface area (Å²) in [5.41, 5.74) is 3.47. The van der Waals surface area contributed by atoms with E-state index in [4.69, 9.17) is 14.0 Å². The van der Waals surface area contributed by atoms with E-state index in [-0.39, 0.29) is 18.3 Å². The molecule has 0 bridgehead atoms. The van der Waals surface area contributed by atoms with Crippen molar-refractivity contribution in [3.63, 3.8) is 0 Å². The fourth-order valence-corrected chi connectivity index (χ4v) is 4.82. The third kappa shape index (κ3) is 3.42. The summed E-state index contributed by atoms with van der Waals surface area (Å²) in [6.07, 6.45) is 7.35. The van der Waals surface area contributed by atoms with Gasteiger partial charge in [0.1, 0.15) is 5.75 Å². The van der Waals surface area contributed by atoms with Gasteiger partial charge in [-0.15, -0.1) is 0 Å². The topological polar surface area (TPSA) is 30.9 Å². The molecule has 1 atom stereocenters. The quantitative estimate of drug-likeness (QED) is 0.742. The zero-order valence-electron chi connectivity index (χ0n) is 18.3. The third-order valence-electron chi connectivity index (χ3n) is 7.43. The average Bonchev–Trinajstić information content (AvgIpc) is 3.11. The van der Waals surface area contributed by atoms with Gasteiger partial charge in [0.15, 0.2) is 0 Å². The van der Waals surface area contributed by atoms with Gasteiger partial charge in [0.2, 0.25) is 0 Å². The van der Waals surface area contributed by atoms with E-state index in [1.54, 1.807) is 7.11 Å². The molecule has 1 unspecified atom stereocenters. The predicted molar refractivity (Wildman–Crippen MR) is 115 cm³/mol. The number of benzene rings is 1. The highest BCUT2D eigenvalue weighted by molar-refractivity contribution is 6.62. The molecular formula is C23H34BNO3. The Morgan fingerprint density at radius 3 is 2.32 bits per heavy atom. The van der Waals surface area contributed by atoms with E-state index in [1.807, 2.05) is 0 Å². The minimum Gasteiger partial charge on any atom is -0.496 e. The highest BCUT2D eigenvalue weighted by Gasteiger charge is 2.51. The molecule has 2 aliphatic heterocycles. The molecule has 0 saturated carbocycles. The van der Waals surface area contributed by atoms with Gasteiger partial charge in [-0.2, -0.15) is 0 Å². The molecule has 3 aliphatic rings. The van der Waals surface area contributed by atoms with Gasteiger partial charge < -0.3 is 18.9 Å². The van der Waals surface area contributed by atoms with Crippen LogP contribution in [0, 0.1) is 5.41 Å². The maximum absolute atomic E-state index is 6.21. The standard InChI is InChI=1S/C23H34BNO3/c1-21(2)22(3,4)28-24(27-21)18-7-8-19(20(15-18)26-6)17-9-11-23(12-10-17)13-14-25(5)16-23/h7-9,15H,10-14,16H2,1-6H3. The number of hydrogen-bond donors (Lipinski definition) is 0. The van der Waals surface area contributed by atoms with Gasteiger partial charge in [0.05, 0.1) is 18.3 Å². The van der Waals surface area contributed by atoms with Gasteiger partial charge in [-0.05, 0) is 89.5 Å². The van der Waals surface area contributed by atoms with Crippen molar-refractivity contribution in [2.24, 2.45) is 5.41 Å². The molecule has 4 nitrogen and oxygen atoms in total. The second kappa shape index (κ2) is 6.89. The lowest BCUT2D eigenvalue weighted by Gasteiger charge is -2.33. The van der Waals surface area contributed by atoms with E-state index in [9.17, 15) is 0 Å². The number of methoxy groups -OCH3 is 1. The lowest BCUT2D eigenvalue weighted by atomic mass is 9.72. The molecule has 0 aromatic heterocycles. The van der Waals surface area contributed by atoms with E-state index in [0.717, 1.165) is 17.6 Å². The molecule has 1 aromatic carbocycles. The van der Waals surface area contributed by atoms with Crippen LogP contribution in [0.25, 0.3) is 5.57 Å².